The summed E-state index contributed by atoms with van der Waals surface area (Å²) in [5.41, 5.74) is -0.592. The first kappa shape index (κ1) is 26.1. The highest BCUT2D eigenvalue weighted by atomic mass is 28.4. The zero-order valence-corrected chi connectivity index (χ0v) is 20.8. The Balaban J connectivity index is 1.77. The van der Waals surface area contributed by atoms with Crippen LogP contribution >= 0.6 is 0 Å². The van der Waals surface area contributed by atoms with Crippen molar-refractivity contribution in [3.8, 4) is 0 Å². The molecule has 3 atom stereocenters. The molecule has 0 saturated carbocycles. The van der Waals surface area contributed by atoms with E-state index < -0.39 is 44.3 Å². The van der Waals surface area contributed by atoms with Crippen molar-refractivity contribution in [1.29, 1.82) is 0 Å². The van der Waals surface area contributed by atoms with Crippen LogP contribution in [0, 0.1) is 5.92 Å². The molecule has 3 rings (SSSR count). The fraction of sp³-hybridized carbons (Fsp3) is 0.522. The van der Waals surface area contributed by atoms with Crippen molar-refractivity contribution in [1.82, 2.24) is 9.55 Å². The average Bonchev–Trinajstić information content (AvgIpc) is 3.17. The van der Waals surface area contributed by atoms with E-state index in [2.05, 4.69) is 10.3 Å². The number of halogens is 3. The quantitative estimate of drug-likeness (QED) is 0.569. The molecule has 1 amide bonds. The second-order valence-corrected chi connectivity index (χ2v) is 14.7. The lowest BCUT2D eigenvalue weighted by Gasteiger charge is -2.36. The number of nitrogens with one attached hydrogen (secondary N) is 1. The van der Waals surface area contributed by atoms with Crippen LogP contribution in [0.3, 0.4) is 0 Å². The van der Waals surface area contributed by atoms with Gasteiger partial charge in [0.05, 0.1) is 12.7 Å². The lowest BCUT2D eigenvalue weighted by atomic mass is 10.0. The fourth-order valence-corrected chi connectivity index (χ4v) is 4.42. The van der Waals surface area contributed by atoms with Crippen molar-refractivity contribution >= 4 is 20.0 Å². The van der Waals surface area contributed by atoms with Crippen LogP contribution in [0.1, 0.15) is 43.8 Å². The topological polar surface area (TPSA) is 82.5 Å². The van der Waals surface area contributed by atoms with Crippen molar-refractivity contribution in [2.45, 2.75) is 63.8 Å². The van der Waals surface area contributed by atoms with Gasteiger partial charge in [-0.3, -0.25) is 9.36 Å². The Morgan fingerprint density at radius 2 is 1.85 bits per heavy atom. The number of hydrogen-bond acceptors (Lipinski definition) is 5. The average molecular weight is 498 g/mol. The van der Waals surface area contributed by atoms with Gasteiger partial charge in [-0.2, -0.15) is 18.2 Å². The van der Waals surface area contributed by atoms with Gasteiger partial charge < -0.3 is 14.5 Å². The summed E-state index contributed by atoms with van der Waals surface area (Å²) in [5, 5.41) is 2.37. The van der Waals surface area contributed by atoms with Crippen LogP contribution in [0.25, 0.3) is 0 Å². The number of rotatable bonds is 6. The summed E-state index contributed by atoms with van der Waals surface area (Å²) in [4.78, 5) is 28.6. The van der Waals surface area contributed by atoms with Gasteiger partial charge in [0.25, 0.3) is 5.91 Å². The molecule has 34 heavy (non-hydrogen) atoms. The molecule has 0 radical (unpaired) electrons. The van der Waals surface area contributed by atoms with E-state index in [1.807, 2.05) is 33.9 Å². The van der Waals surface area contributed by atoms with E-state index >= 15 is 0 Å². The Bertz CT molecular complexity index is 1070. The van der Waals surface area contributed by atoms with Gasteiger partial charge in [-0.05, 0) is 42.8 Å². The monoisotopic (exact) mass is 497 g/mol. The van der Waals surface area contributed by atoms with Gasteiger partial charge in [0.2, 0.25) is 0 Å². The molecule has 11 heteroatoms. The van der Waals surface area contributed by atoms with Crippen molar-refractivity contribution < 1.29 is 27.1 Å². The minimum Gasteiger partial charge on any atom is -0.414 e. The predicted octanol–water partition coefficient (Wildman–Crippen LogP) is 4.98. The predicted molar refractivity (Wildman–Crippen MR) is 124 cm³/mol. The summed E-state index contributed by atoms with van der Waals surface area (Å²) in [5.74, 6) is -2.43. The van der Waals surface area contributed by atoms with Crippen molar-refractivity contribution in [2.75, 3.05) is 11.9 Å². The van der Waals surface area contributed by atoms with E-state index in [1.165, 1.54) is 6.07 Å². The van der Waals surface area contributed by atoms with Gasteiger partial charge >= 0.3 is 11.9 Å². The molecule has 186 valence electrons. The second-order valence-electron chi connectivity index (χ2n) is 9.93. The number of alkyl halides is 3. The highest BCUT2D eigenvalue weighted by Gasteiger charge is 2.53. The maximum Gasteiger partial charge on any atom is 0.396 e. The first-order valence-corrected chi connectivity index (χ1v) is 13.9. The Kier molecular flexibility index (Phi) is 7.39. The molecule has 0 spiro atoms. The van der Waals surface area contributed by atoms with Crippen LogP contribution in [-0.2, 0) is 9.16 Å². The van der Waals surface area contributed by atoms with Crippen LogP contribution in [0.4, 0.5) is 19.0 Å². The number of benzene rings is 1. The highest BCUT2D eigenvalue weighted by Crippen LogP contribution is 2.45. The summed E-state index contributed by atoms with van der Waals surface area (Å²) in [6.45, 7) is 10.2. The number of amides is 1. The van der Waals surface area contributed by atoms with E-state index in [0.29, 0.717) is 5.56 Å². The molecule has 7 nitrogen and oxygen atoms in total. The largest absolute Gasteiger partial charge is 0.414 e. The van der Waals surface area contributed by atoms with Crippen molar-refractivity contribution in [3.05, 3.63) is 58.6 Å². The Labute approximate surface area is 197 Å². The molecular weight excluding hydrogens is 467 g/mol. The number of ether oxygens (including phenoxy) is 1. The minimum absolute atomic E-state index is 0.0208. The van der Waals surface area contributed by atoms with E-state index in [1.54, 1.807) is 30.3 Å². The van der Waals surface area contributed by atoms with E-state index in [0.717, 1.165) is 10.8 Å². The Morgan fingerprint density at radius 1 is 1.21 bits per heavy atom. The zero-order chi connectivity index (χ0) is 25.3. The molecule has 2 aromatic rings. The summed E-state index contributed by atoms with van der Waals surface area (Å²) < 4.78 is 54.0. The maximum atomic E-state index is 13.8. The summed E-state index contributed by atoms with van der Waals surface area (Å²) in [6.07, 6.45) is -6.10. The summed E-state index contributed by atoms with van der Waals surface area (Å²) in [6, 6.07) is 9.56. The number of carbonyl (C=O) groups is 1. The summed E-state index contributed by atoms with van der Waals surface area (Å²) >= 11 is 0. The third kappa shape index (κ3) is 5.94. The van der Waals surface area contributed by atoms with Gasteiger partial charge in [-0.25, -0.2) is 4.79 Å². The van der Waals surface area contributed by atoms with Crippen LogP contribution in [-0.4, -0.2) is 42.7 Å². The molecule has 1 N–H and O–H groups in total. The van der Waals surface area contributed by atoms with Gasteiger partial charge in [-0.15, -0.1) is 0 Å². The number of hydrogen-bond donors (Lipinski definition) is 1. The third-order valence-electron chi connectivity index (χ3n) is 6.43. The second kappa shape index (κ2) is 9.63. The molecular formula is C23H30F3N3O4Si. The smallest absolute Gasteiger partial charge is 0.396 e. The molecule has 1 fully saturated rings. The maximum absolute atomic E-state index is 13.8. The minimum atomic E-state index is -4.57. The van der Waals surface area contributed by atoms with E-state index in [9.17, 15) is 22.8 Å². The van der Waals surface area contributed by atoms with Crippen LogP contribution in [0.2, 0.25) is 18.1 Å². The molecule has 0 unspecified atom stereocenters. The molecule has 0 aliphatic carbocycles. The van der Waals surface area contributed by atoms with Crippen LogP contribution in [0.5, 0.6) is 0 Å². The number of anilines is 1. The molecule has 1 aliphatic rings. The normalized spacial score (nSPS) is 21.5. The molecule has 1 saturated heterocycles. The van der Waals surface area contributed by atoms with Gasteiger partial charge in [-0.1, -0.05) is 39.0 Å². The van der Waals surface area contributed by atoms with Crippen LogP contribution in [0.15, 0.2) is 47.4 Å². The van der Waals surface area contributed by atoms with Gasteiger partial charge in [0.1, 0.15) is 18.0 Å². The van der Waals surface area contributed by atoms with Crippen molar-refractivity contribution in [2.24, 2.45) is 5.92 Å². The number of carbonyl (C=O) groups excluding carboxylic acids is 1. The van der Waals surface area contributed by atoms with Gasteiger partial charge in [0.15, 0.2) is 8.32 Å². The Morgan fingerprint density at radius 3 is 2.41 bits per heavy atom. The first-order valence-electron chi connectivity index (χ1n) is 11.0. The molecule has 2 heterocycles. The lowest BCUT2D eigenvalue weighted by Crippen LogP contribution is -2.42. The SMILES string of the molecule is CC(C)(C)[Si](C)(C)OC[C@@H]1C[C@@H](C(F)(F)F)[C@@H](n2ccc(NC(=O)c3ccccc3)nc2=O)O1. The van der Waals surface area contributed by atoms with E-state index in [4.69, 9.17) is 9.16 Å². The fourth-order valence-electron chi connectivity index (χ4n) is 3.38. The van der Waals surface area contributed by atoms with E-state index in [-0.39, 0.29) is 23.9 Å². The Hall–Kier alpha value is -2.50. The number of aromatic nitrogens is 2. The third-order valence-corrected chi connectivity index (χ3v) is 10.9. The number of nitrogens with zero attached hydrogens (tertiary/aromatic N) is 2. The van der Waals surface area contributed by atoms with Crippen LogP contribution < -0.4 is 11.0 Å². The molecule has 0 bridgehead atoms. The molecule has 1 aromatic carbocycles. The molecule has 1 aliphatic heterocycles. The zero-order valence-electron chi connectivity index (χ0n) is 19.8. The molecule has 1 aromatic heterocycles. The standard InChI is InChI=1S/C23H30F3N3O4Si/c1-22(2,3)34(4,5)32-14-16-13-17(23(24,25)26)20(33-16)29-12-11-18(28-21(29)31)27-19(30)15-9-7-6-8-10-15/h6-12,16-17,20H,13-14H2,1-5H3,(H,27,28,30,31)/t16-,17+,20-/m0/s1. The van der Waals surface area contributed by atoms with Crippen molar-refractivity contribution in [3.63, 3.8) is 0 Å². The summed E-state index contributed by atoms with van der Waals surface area (Å²) in [7, 11) is -2.19. The highest BCUT2D eigenvalue weighted by molar-refractivity contribution is 6.74. The van der Waals surface area contributed by atoms with Gasteiger partial charge in [0, 0.05) is 11.8 Å². The lowest BCUT2D eigenvalue weighted by molar-refractivity contribution is -0.198. The first-order chi connectivity index (χ1) is 15.7.